The summed E-state index contributed by atoms with van der Waals surface area (Å²) in [5.74, 6) is 1.78. The summed E-state index contributed by atoms with van der Waals surface area (Å²) in [6.07, 6.45) is 0.972. The normalized spacial score (nSPS) is 20.1. The number of anilines is 1. The second-order valence-corrected chi connectivity index (χ2v) is 5.72. The molecule has 0 amide bonds. The lowest BCUT2D eigenvalue weighted by Crippen LogP contribution is -2.22. The van der Waals surface area contributed by atoms with Gasteiger partial charge in [0, 0.05) is 11.8 Å². The van der Waals surface area contributed by atoms with Crippen LogP contribution in [0.25, 0.3) is 0 Å². The van der Waals surface area contributed by atoms with Crippen molar-refractivity contribution in [2.45, 2.75) is 45.6 Å². The SMILES string of the molecule is Cc1c(N)nc(C(C)(C)C)nc1OC1CCOC1. The van der Waals surface area contributed by atoms with Gasteiger partial charge in [-0.25, -0.2) is 4.98 Å². The maximum atomic E-state index is 5.93. The minimum atomic E-state index is -0.147. The van der Waals surface area contributed by atoms with Crippen LogP contribution in [-0.2, 0) is 10.2 Å². The van der Waals surface area contributed by atoms with Crippen molar-refractivity contribution in [3.05, 3.63) is 11.4 Å². The molecule has 2 rings (SSSR count). The van der Waals surface area contributed by atoms with Crippen LogP contribution in [0.5, 0.6) is 5.88 Å². The maximum absolute atomic E-state index is 5.93. The van der Waals surface area contributed by atoms with Crippen molar-refractivity contribution in [3.63, 3.8) is 0 Å². The van der Waals surface area contributed by atoms with Crippen LogP contribution in [0, 0.1) is 6.92 Å². The van der Waals surface area contributed by atoms with Crippen molar-refractivity contribution < 1.29 is 9.47 Å². The first-order valence-corrected chi connectivity index (χ1v) is 6.27. The van der Waals surface area contributed by atoms with Gasteiger partial charge in [-0.2, -0.15) is 4.98 Å². The number of nitrogens with zero attached hydrogens (tertiary/aromatic N) is 2. The van der Waals surface area contributed by atoms with Crippen LogP contribution in [0.3, 0.4) is 0 Å². The molecule has 1 aromatic heterocycles. The average Bonchev–Trinajstić information content (AvgIpc) is 2.75. The Morgan fingerprint density at radius 3 is 2.61 bits per heavy atom. The smallest absolute Gasteiger partial charge is 0.222 e. The maximum Gasteiger partial charge on any atom is 0.222 e. The van der Waals surface area contributed by atoms with Crippen molar-refractivity contribution in [2.75, 3.05) is 18.9 Å². The molecule has 5 heteroatoms. The first-order chi connectivity index (χ1) is 8.38. The molecular formula is C13H21N3O2. The van der Waals surface area contributed by atoms with E-state index in [1.165, 1.54) is 0 Å². The summed E-state index contributed by atoms with van der Waals surface area (Å²) < 4.78 is 11.2. The molecule has 0 bridgehead atoms. The summed E-state index contributed by atoms with van der Waals surface area (Å²) in [6.45, 7) is 9.41. The zero-order chi connectivity index (χ0) is 13.3. The first kappa shape index (κ1) is 13.1. The third-order valence-corrected chi connectivity index (χ3v) is 2.98. The highest BCUT2D eigenvalue weighted by atomic mass is 16.5. The molecule has 1 unspecified atom stereocenters. The average molecular weight is 251 g/mol. The molecule has 1 atom stereocenters. The van der Waals surface area contributed by atoms with Crippen LogP contribution < -0.4 is 10.5 Å². The van der Waals surface area contributed by atoms with Gasteiger partial charge >= 0.3 is 0 Å². The molecule has 0 saturated carbocycles. The predicted octanol–water partition coefficient (Wildman–Crippen LogP) is 1.83. The number of rotatable bonds is 2. The van der Waals surface area contributed by atoms with E-state index in [9.17, 15) is 0 Å². The Morgan fingerprint density at radius 2 is 2.06 bits per heavy atom. The molecule has 1 aromatic rings. The summed E-state index contributed by atoms with van der Waals surface area (Å²) >= 11 is 0. The van der Waals surface area contributed by atoms with Crippen LogP contribution in [0.2, 0.25) is 0 Å². The molecule has 5 nitrogen and oxygen atoms in total. The van der Waals surface area contributed by atoms with Gasteiger partial charge in [0.15, 0.2) is 0 Å². The summed E-state index contributed by atoms with van der Waals surface area (Å²) in [4.78, 5) is 8.83. The molecule has 1 aliphatic heterocycles. The highest BCUT2D eigenvalue weighted by molar-refractivity contribution is 5.45. The molecule has 0 aliphatic carbocycles. The van der Waals surface area contributed by atoms with Gasteiger partial charge < -0.3 is 15.2 Å². The highest BCUT2D eigenvalue weighted by Gasteiger charge is 2.24. The van der Waals surface area contributed by atoms with Gasteiger partial charge in [-0.3, -0.25) is 0 Å². The lowest BCUT2D eigenvalue weighted by atomic mass is 9.95. The highest BCUT2D eigenvalue weighted by Crippen LogP contribution is 2.27. The van der Waals surface area contributed by atoms with Gasteiger partial charge in [0.25, 0.3) is 0 Å². The third kappa shape index (κ3) is 2.72. The molecule has 100 valence electrons. The van der Waals surface area contributed by atoms with Gasteiger partial charge in [0.2, 0.25) is 5.88 Å². The van der Waals surface area contributed by atoms with Crippen molar-refractivity contribution >= 4 is 5.82 Å². The van der Waals surface area contributed by atoms with E-state index in [0.717, 1.165) is 18.6 Å². The Hall–Kier alpha value is -1.36. The van der Waals surface area contributed by atoms with E-state index in [1.807, 2.05) is 6.92 Å². The van der Waals surface area contributed by atoms with E-state index in [-0.39, 0.29) is 11.5 Å². The standard InChI is InChI=1S/C13H21N3O2/c1-8-10(14)15-12(13(2,3)4)16-11(8)18-9-5-6-17-7-9/h9H,5-7H2,1-4H3,(H2,14,15,16). The van der Waals surface area contributed by atoms with E-state index >= 15 is 0 Å². The molecule has 0 aromatic carbocycles. The van der Waals surface area contributed by atoms with Crippen molar-refractivity contribution in [3.8, 4) is 5.88 Å². The molecular weight excluding hydrogens is 230 g/mol. The number of nitrogen functional groups attached to an aromatic ring is 1. The second kappa shape index (κ2) is 4.72. The van der Waals surface area contributed by atoms with E-state index < -0.39 is 0 Å². The molecule has 0 spiro atoms. The van der Waals surface area contributed by atoms with Crippen LogP contribution in [0.4, 0.5) is 5.82 Å². The molecule has 2 N–H and O–H groups in total. The fourth-order valence-corrected chi connectivity index (χ4v) is 1.73. The summed E-state index contributed by atoms with van der Waals surface area (Å²) in [6, 6.07) is 0. The summed E-state index contributed by atoms with van der Waals surface area (Å²) in [5, 5.41) is 0. The number of aromatic nitrogens is 2. The predicted molar refractivity (Wildman–Crippen MR) is 69.7 cm³/mol. The zero-order valence-corrected chi connectivity index (χ0v) is 11.5. The number of ether oxygens (including phenoxy) is 2. The first-order valence-electron chi connectivity index (χ1n) is 6.27. The Kier molecular flexibility index (Phi) is 3.43. The Balaban J connectivity index is 2.30. The molecule has 2 heterocycles. The Morgan fingerprint density at radius 1 is 1.33 bits per heavy atom. The fourth-order valence-electron chi connectivity index (χ4n) is 1.73. The summed E-state index contributed by atoms with van der Waals surface area (Å²) in [7, 11) is 0. The van der Waals surface area contributed by atoms with Crippen molar-refractivity contribution in [1.82, 2.24) is 9.97 Å². The number of nitrogens with two attached hydrogens (primary N) is 1. The van der Waals surface area contributed by atoms with Crippen LogP contribution in [0.1, 0.15) is 38.6 Å². The van der Waals surface area contributed by atoms with E-state index in [4.69, 9.17) is 15.2 Å². The van der Waals surface area contributed by atoms with E-state index in [1.54, 1.807) is 0 Å². The zero-order valence-electron chi connectivity index (χ0n) is 11.5. The van der Waals surface area contributed by atoms with E-state index in [0.29, 0.717) is 24.1 Å². The minimum absolute atomic E-state index is 0.0748. The van der Waals surface area contributed by atoms with Crippen LogP contribution in [0.15, 0.2) is 0 Å². The van der Waals surface area contributed by atoms with Gasteiger partial charge in [-0.1, -0.05) is 20.8 Å². The topological polar surface area (TPSA) is 70.3 Å². The van der Waals surface area contributed by atoms with Crippen LogP contribution >= 0.6 is 0 Å². The van der Waals surface area contributed by atoms with Crippen LogP contribution in [-0.4, -0.2) is 29.3 Å². The largest absolute Gasteiger partial charge is 0.471 e. The monoisotopic (exact) mass is 251 g/mol. The van der Waals surface area contributed by atoms with Crippen molar-refractivity contribution in [2.24, 2.45) is 0 Å². The lowest BCUT2D eigenvalue weighted by molar-refractivity contribution is 0.137. The molecule has 1 aliphatic rings. The third-order valence-electron chi connectivity index (χ3n) is 2.98. The minimum Gasteiger partial charge on any atom is -0.471 e. The molecule has 1 fully saturated rings. The van der Waals surface area contributed by atoms with E-state index in [2.05, 4.69) is 30.7 Å². The second-order valence-electron chi connectivity index (χ2n) is 5.72. The molecule has 18 heavy (non-hydrogen) atoms. The number of hydrogen-bond donors (Lipinski definition) is 1. The van der Waals surface area contributed by atoms with Gasteiger partial charge in [-0.15, -0.1) is 0 Å². The lowest BCUT2D eigenvalue weighted by Gasteiger charge is -2.20. The fraction of sp³-hybridized carbons (Fsp3) is 0.692. The Bertz CT molecular complexity index is 435. The van der Waals surface area contributed by atoms with Gasteiger partial charge in [0.05, 0.1) is 18.8 Å². The number of hydrogen-bond acceptors (Lipinski definition) is 5. The van der Waals surface area contributed by atoms with Crippen molar-refractivity contribution in [1.29, 1.82) is 0 Å². The summed E-state index contributed by atoms with van der Waals surface area (Å²) in [5.41, 5.74) is 6.58. The quantitative estimate of drug-likeness (QED) is 0.868. The molecule has 1 saturated heterocycles. The van der Waals surface area contributed by atoms with Gasteiger partial charge in [0.1, 0.15) is 17.7 Å². The van der Waals surface area contributed by atoms with Gasteiger partial charge in [-0.05, 0) is 6.92 Å². The molecule has 0 radical (unpaired) electrons. The Labute approximate surface area is 108 Å².